The first-order valence-corrected chi connectivity index (χ1v) is 9.99. The quantitative estimate of drug-likeness (QED) is 0.240. The number of hydrazone groups is 1. The number of halogens is 3. The van der Waals surface area contributed by atoms with Crippen LogP contribution in [0.1, 0.15) is 12.7 Å². The summed E-state index contributed by atoms with van der Waals surface area (Å²) in [7, 11) is 0. The van der Waals surface area contributed by atoms with E-state index in [1.807, 2.05) is 0 Å². The van der Waals surface area contributed by atoms with Crippen molar-refractivity contribution in [1.29, 1.82) is 0 Å². The van der Waals surface area contributed by atoms with Crippen LogP contribution in [0.5, 0.6) is 0 Å². The maximum Gasteiger partial charge on any atom is 0.280 e. The molecule has 3 aromatic rings. The van der Waals surface area contributed by atoms with Crippen LogP contribution in [-0.2, 0) is 4.79 Å². The van der Waals surface area contributed by atoms with Crippen LogP contribution >= 0.6 is 34.8 Å². The van der Waals surface area contributed by atoms with E-state index >= 15 is 0 Å². The Morgan fingerprint density at radius 3 is 2.48 bits per heavy atom. The van der Waals surface area contributed by atoms with Crippen molar-refractivity contribution in [2.24, 2.45) is 5.10 Å². The van der Waals surface area contributed by atoms with Gasteiger partial charge in [-0.2, -0.15) is 10.1 Å². The Bertz CT molecular complexity index is 1270. The Kier molecular flexibility index (Phi) is 5.58. The molecule has 0 bridgehead atoms. The molecule has 31 heavy (non-hydrogen) atoms. The third kappa shape index (κ3) is 4.07. The summed E-state index contributed by atoms with van der Waals surface area (Å²) in [4.78, 5) is 23.5. The summed E-state index contributed by atoms with van der Waals surface area (Å²) in [5.41, 5.74) is 1.47. The van der Waals surface area contributed by atoms with Gasteiger partial charge in [-0.15, -0.1) is 0 Å². The second kappa shape index (κ2) is 8.19. The number of hydrogen-bond acceptors (Lipinski definition) is 5. The predicted octanol–water partition coefficient (Wildman–Crippen LogP) is 6.62. The second-order valence-electron chi connectivity index (χ2n) is 6.59. The van der Waals surface area contributed by atoms with Gasteiger partial charge < -0.3 is 4.42 Å². The van der Waals surface area contributed by atoms with E-state index in [0.29, 0.717) is 33.4 Å². The van der Waals surface area contributed by atoms with E-state index in [0.717, 1.165) is 5.01 Å². The van der Waals surface area contributed by atoms with Gasteiger partial charge >= 0.3 is 0 Å². The highest BCUT2D eigenvalue weighted by Gasteiger charge is 2.32. The molecule has 2 heterocycles. The Hall–Kier alpha value is -3.13. The molecule has 0 saturated heterocycles. The van der Waals surface area contributed by atoms with E-state index in [1.54, 1.807) is 37.3 Å². The lowest BCUT2D eigenvalue weighted by Gasteiger charge is -2.15. The molecule has 1 aromatic heterocycles. The van der Waals surface area contributed by atoms with Gasteiger partial charge in [0.1, 0.15) is 17.2 Å². The van der Waals surface area contributed by atoms with Crippen LogP contribution in [-0.4, -0.2) is 16.5 Å². The number of nitrogens with zero attached hydrogens (tertiary/aromatic N) is 3. The number of nitro benzene ring substituents is 1. The Balaban J connectivity index is 1.65. The van der Waals surface area contributed by atoms with Crippen LogP contribution < -0.4 is 5.01 Å². The topological polar surface area (TPSA) is 89.0 Å². The molecule has 0 spiro atoms. The molecule has 1 aliphatic heterocycles. The number of furan rings is 1. The lowest BCUT2D eigenvalue weighted by molar-refractivity contribution is -0.384. The zero-order chi connectivity index (χ0) is 22.3. The van der Waals surface area contributed by atoms with Gasteiger partial charge in [-0.1, -0.05) is 46.9 Å². The van der Waals surface area contributed by atoms with Gasteiger partial charge in [0, 0.05) is 22.7 Å². The minimum atomic E-state index is -0.478. The number of amides is 1. The molecule has 1 amide bonds. The normalized spacial score (nSPS) is 15.0. The van der Waals surface area contributed by atoms with Gasteiger partial charge in [0.25, 0.3) is 11.6 Å². The van der Waals surface area contributed by atoms with Gasteiger partial charge in [0.15, 0.2) is 0 Å². The van der Waals surface area contributed by atoms with Gasteiger partial charge in [-0.3, -0.25) is 14.9 Å². The smallest absolute Gasteiger partial charge is 0.280 e. The fourth-order valence-corrected chi connectivity index (χ4v) is 4.05. The van der Waals surface area contributed by atoms with E-state index in [2.05, 4.69) is 5.10 Å². The molecule has 0 aliphatic carbocycles. The fourth-order valence-electron chi connectivity index (χ4n) is 3.07. The third-order valence-electron chi connectivity index (χ3n) is 4.51. The SMILES string of the molecule is CC1=NN(c2c(Cl)cc(Cl)cc2Cl)C(=O)/C1=C\c1ccc(-c2cccc([N+](=O)[O-])c2)o1. The van der Waals surface area contributed by atoms with Gasteiger partial charge in [-0.25, -0.2) is 0 Å². The zero-order valence-corrected chi connectivity index (χ0v) is 18.1. The number of rotatable bonds is 4. The van der Waals surface area contributed by atoms with E-state index in [1.165, 1.54) is 24.3 Å². The van der Waals surface area contributed by atoms with Crippen LogP contribution in [0, 0.1) is 10.1 Å². The molecule has 0 radical (unpaired) electrons. The first kappa shape index (κ1) is 21.1. The summed E-state index contributed by atoms with van der Waals surface area (Å²) in [5, 5.41) is 17.1. The van der Waals surface area contributed by atoms with Crippen LogP contribution in [0.4, 0.5) is 11.4 Å². The van der Waals surface area contributed by atoms with Gasteiger partial charge in [0.2, 0.25) is 0 Å². The van der Waals surface area contributed by atoms with E-state index in [4.69, 9.17) is 39.2 Å². The van der Waals surface area contributed by atoms with Crippen molar-refractivity contribution in [1.82, 2.24) is 0 Å². The first-order valence-electron chi connectivity index (χ1n) is 8.85. The second-order valence-corrected chi connectivity index (χ2v) is 7.84. The Labute approximate surface area is 191 Å². The standard InChI is InChI=1S/C21H12Cl3N3O4/c1-11-16(21(28)26(25-11)20-17(23)8-13(22)9-18(20)24)10-15-5-6-19(31-15)12-3-2-4-14(7-12)27(29)30/h2-10H,1H3/b16-10-. The largest absolute Gasteiger partial charge is 0.457 e. The van der Waals surface area contributed by atoms with Crippen LogP contribution in [0.25, 0.3) is 17.4 Å². The number of benzene rings is 2. The molecule has 0 saturated carbocycles. The summed E-state index contributed by atoms with van der Waals surface area (Å²) >= 11 is 18.4. The molecule has 4 rings (SSSR count). The van der Waals surface area contributed by atoms with E-state index < -0.39 is 10.8 Å². The van der Waals surface area contributed by atoms with E-state index in [9.17, 15) is 14.9 Å². The maximum absolute atomic E-state index is 13.0. The lowest BCUT2D eigenvalue weighted by atomic mass is 10.1. The van der Waals surface area contributed by atoms with Crippen molar-refractivity contribution in [3.05, 3.63) is 85.0 Å². The number of hydrogen-bond donors (Lipinski definition) is 0. The molecule has 156 valence electrons. The number of nitro groups is 1. The summed E-state index contributed by atoms with van der Waals surface area (Å²) in [6.45, 7) is 1.67. The number of carbonyl (C=O) groups is 1. The van der Waals surface area contributed by atoms with Gasteiger partial charge in [-0.05, 0) is 37.3 Å². The molecule has 0 fully saturated rings. The molecular weight excluding hydrogens is 465 g/mol. The Morgan fingerprint density at radius 1 is 1.10 bits per heavy atom. The number of anilines is 1. The molecule has 1 aliphatic rings. The predicted molar refractivity (Wildman–Crippen MR) is 121 cm³/mol. The average molecular weight is 477 g/mol. The number of non-ortho nitro benzene ring substituents is 1. The summed E-state index contributed by atoms with van der Waals surface area (Å²) in [6, 6.07) is 12.4. The summed E-state index contributed by atoms with van der Waals surface area (Å²) in [6.07, 6.45) is 1.54. The third-order valence-corrected chi connectivity index (χ3v) is 5.31. The van der Waals surface area contributed by atoms with Crippen molar-refractivity contribution >= 4 is 63.9 Å². The highest BCUT2D eigenvalue weighted by atomic mass is 35.5. The van der Waals surface area contributed by atoms with Crippen molar-refractivity contribution in [2.75, 3.05) is 5.01 Å². The minimum absolute atomic E-state index is 0.0462. The molecule has 0 atom stereocenters. The van der Waals surface area contributed by atoms with Crippen LogP contribution in [0.2, 0.25) is 15.1 Å². The van der Waals surface area contributed by atoms with Crippen molar-refractivity contribution in [3.8, 4) is 11.3 Å². The molecule has 0 N–H and O–H groups in total. The molecule has 10 heteroatoms. The molecule has 7 nitrogen and oxygen atoms in total. The highest BCUT2D eigenvalue weighted by Crippen LogP contribution is 2.39. The average Bonchev–Trinajstić information content (AvgIpc) is 3.28. The van der Waals surface area contributed by atoms with Crippen molar-refractivity contribution in [3.63, 3.8) is 0 Å². The highest BCUT2D eigenvalue weighted by molar-refractivity contribution is 6.44. The van der Waals surface area contributed by atoms with Crippen LogP contribution in [0.15, 0.2) is 63.6 Å². The van der Waals surface area contributed by atoms with Crippen molar-refractivity contribution < 1.29 is 14.1 Å². The summed E-state index contributed by atoms with van der Waals surface area (Å²) < 4.78 is 5.77. The maximum atomic E-state index is 13.0. The molecule has 2 aromatic carbocycles. The zero-order valence-electron chi connectivity index (χ0n) is 15.8. The van der Waals surface area contributed by atoms with Crippen molar-refractivity contribution in [2.45, 2.75) is 6.92 Å². The van der Waals surface area contributed by atoms with Gasteiger partial charge in [0.05, 0.1) is 26.3 Å². The Morgan fingerprint density at radius 2 is 1.81 bits per heavy atom. The van der Waals surface area contributed by atoms with Crippen LogP contribution in [0.3, 0.4) is 0 Å². The monoisotopic (exact) mass is 475 g/mol. The first-order chi connectivity index (χ1) is 14.7. The minimum Gasteiger partial charge on any atom is -0.457 e. The number of carbonyl (C=O) groups excluding carboxylic acids is 1. The van der Waals surface area contributed by atoms with E-state index in [-0.39, 0.29) is 21.4 Å². The fraction of sp³-hybridized carbons (Fsp3) is 0.0476. The lowest BCUT2D eigenvalue weighted by Crippen LogP contribution is -2.22. The summed E-state index contributed by atoms with van der Waals surface area (Å²) in [5.74, 6) is 0.378. The molecular formula is C21H12Cl3N3O4. The molecule has 0 unspecified atom stereocenters.